The molecule has 15 nitrogen and oxygen atoms in total. The minimum absolute atomic E-state index is 0.118. The molecule has 2 atom stereocenters. The van der Waals surface area contributed by atoms with Gasteiger partial charge >= 0.3 is 5.97 Å². The van der Waals surface area contributed by atoms with Crippen LogP contribution in [-0.2, 0) is 24.0 Å². The number of carbonyl (C=O) groups excluding carboxylic acids is 3. The molecule has 0 saturated carbocycles. The number of rotatable bonds is 12. The molecule has 38 heavy (non-hydrogen) atoms. The summed E-state index contributed by atoms with van der Waals surface area (Å²) in [4.78, 5) is 59.2. The number of anilines is 1. The lowest BCUT2D eigenvalue weighted by Crippen LogP contribution is -2.71. The topological polar surface area (TPSA) is 181 Å². The third-order valence-corrected chi connectivity index (χ3v) is 8.11. The van der Waals surface area contributed by atoms with E-state index in [1.165, 1.54) is 44.9 Å². The SMILES string of the molecule is C#CCN1C=NN(SCC2=C(C(=O)O)N3C(=O)C(NC(=O)/C(=N\OCC)c4csc(NC=O)n4)[C@H]3SC2)N1. The monoisotopic (exact) mass is 579 g/mol. The number of amides is 3. The van der Waals surface area contributed by atoms with E-state index in [1.54, 1.807) is 11.9 Å². The van der Waals surface area contributed by atoms with E-state index in [0.29, 0.717) is 24.3 Å². The predicted molar refractivity (Wildman–Crippen MR) is 141 cm³/mol. The highest BCUT2D eigenvalue weighted by molar-refractivity contribution is 8.00. The maximum Gasteiger partial charge on any atom is 0.352 e. The molecule has 0 aromatic carbocycles. The van der Waals surface area contributed by atoms with Gasteiger partial charge in [0.1, 0.15) is 35.8 Å². The summed E-state index contributed by atoms with van der Waals surface area (Å²) >= 11 is 3.62. The number of β-lactam (4-membered cyclic amide) rings is 1. The van der Waals surface area contributed by atoms with Gasteiger partial charge in [0.25, 0.3) is 11.8 Å². The van der Waals surface area contributed by atoms with Crippen LogP contribution in [0.3, 0.4) is 0 Å². The molecule has 200 valence electrons. The fourth-order valence-corrected chi connectivity index (χ4v) is 6.40. The summed E-state index contributed by atoms with van der Waals surface area (Å²) in [5, 5.41) is 25.5. The Morgan fingerprint density at radius 3 is 3.03 bits per heavy atom. The number of thioether (sulfide) groups is 1. The highest BCUT2D eigenvalue weighted by atomic mass is 32.2. The smallest absolute Gasteiger partial charge is 0.352 e. The molecule has 1 saturated heterocycles. The molecule has 0 radical (unpaired) electrons. The molecule has 1 aromatic heterocycles. The van der Waals surface area contributed by atoms with Crippen molar-refractivity contribution in [1.82, 2.24) is 30.3 Å². The highest BCUT2D eigenvalue weighted by Gasteiger charge is 2.54. The van der Waals surface area contributed by atoms with Crippen molar-refractivity contribution in [3.8, 4) is 12.3 Å². The molecule has 4 heterocycles. The van der Waals surface area contributed by atoms with E-state index in [9.17, 15) is 24.3 Å². The number of hydrazine groups is 2. The number of oxime groups is 1. The average molecular weight is 580 g/mol. The van der Waals surface area contributed by atoms with Gasteiger partial charge in [0, 0.05) is 16.9 Å². The molecule has 4 N–H and O–H groups in total. The molecule has 0 aliphatic carbocycles. The van der Waals surface area contributed by atoms with Crippen molar-refractivity contribution >= 4 is 76.4 Å². The maximum absolute atomic E-state index is 13.0. The van der Waals surface area contributed by atoms with Crippen LogP contribution in [0.15, 0.2) is 26.9 Å². The number of hydrogen-bond acceptors (Lipinski definition) is 14. The highest BCUT2D eigenvalue weighted by Crippen LogP contribution is 2.41. The Morgan fingerprint density at radius 1 is 1.50 bits per heavy atom. The maximum atomic E-state index is 13.0. The second-order valence-corrected chi connectivity index (χ2v) is 10.3. The zero-order valence-corrected chi connectivity index (χ0v) is 22.1. The lowest BCUT2D eigenvalue weighted by atomic mass is 10.0. The molecule has 3 aliphatic rings. The summed E-state index contributed by atoms with van der Waals surface area (Å²) in [6, 6.07) is -0.976. The van der Waals surface area contributed by atoms with Gasteiger partial charge in [0.05, 0.1) is 6.54 Å². The minimum Gasteiger partial charge on any atom is -0.477 e. The first kappa shape index (κ1) is 27.3. The third-order valence-electron chi connectivity index (χ3n) is 5.10. The Kier molecular flexibility index (Phi) is 8.73. The first-order chi connectivity index (χ1) is 18.4. The molecule has 0 bridgehead atoms. The van der Waals surface area contributed by atoms with Gasteiger partial charge < -0.3 is 20.6 Å². The standard InChI is InChI=1S/C20H21N9O6S3/c1-3-5-27-9-22-29(26-27)38-7-11-6-36-18-14(17(32)28(18)15(11)19(33)34)24-16(31)13(25-35-4-2)12-8-37-20(23-12)21-10-30/h1,8-10,14,18,26H,4-7H2,2H3,(H,24,31)(H,33,34)(H,21,23,30)/b25-13-/t14?,18-/m1/s1. The van der Waals surface area contributed by atoms with Gasteiger partial charge in [-0.1, -0.05) is 11.1 Å². The predicted octanol–water partition coefficient (Wildman–Crippen LogP) is -0.547. The fourth-order valence-electron chi connectivity index (χ4n) is 3.48. The van der Waals surface area contributed by atoms with Gasteiger partial charge in [0.2, 0.25) is 6.41 Å². The van der Waals surface area contributed by atoms with Crippen LogP contribution in [0.25, 0.3) is 0 Å². The van der Waals surface area contributed by atoms with Crippen LogP contribution in [0, 0.1) is 12.3 Å². The van der Waals surface area contributed by atoms with Crippen molar-refractivity contribution in [2.24, 2.45) is 10.3 Å². The number of aromatic nitrogens is 1. The number of carbonyl (C=O) groups is 4. The fraction of sp³-hybridized carbons (Fsp3) is 0.350. The normalized spacial score (nSPS) is 20.6. The summed E-state index contributed by atoms with van der Waals surface area (Å²) in [6.07, 6.45) is 7.23. The van der Waals surface area contributed by atoms with Crippen LogP contribution >= 0.6 is 35.0 Å². The van der Waals surface area contributed by atoms with Crippen LogP contribution in [0.4, 0.5) is 5.13 Å². The zero-order valence-electron chi connectivity index (χ0n) is 19.7. The molecular weight excluding hydrogens is 558 g/mol. The van der Waals surface area contributed by atoms with Crippen molar-refractivity contribution in [2.45, 2.75) is 18.3 Å². The van der Waals surface area contributed by atoms with E-state index >= 15 is 0 Å². The van der Waals surface area contributed by atoms with Gasteiger partial charge in [0.15, 0.2) is 10.8 Å². The Balaban J connectivity index is 1.44. The van der Waals surface area contributed by atoms with Gasteiger partial charge in [-0.15, -0.1) is 44.7 Å². The van der Waals surface area contributed by atoms with Crippen molar-refractivity contribution in [3.63, 3.8) is 0 Å². The number of nitrogens with zero attached hydrogens (tertiary/aromatic N) is 6. The first-order valence-corrected chi connectivity index (χ1v) is 13.7. The number of nitrogens with one attached hydrogen (secondary N) is 3. The first-order valence-electron chi connectivity index (χ1n) is 10.9. The van der Waals surface area contributed by atoms with E-state index in [4.69, 9.17) is 11.3 Å². The lowest BCUT2D eigenvalue weighted by Gasteiger charge is -2.49. The lowest BCUT2D eigenvalue weighted by molar-refractivity contribution is -0.150. The number of thiazole rings is 1. The number of hydrogen-bond donors (Lipinski definition) is 4. The summed E-state index contributed by atoms with van der Waals surface area (Å²) in [5.74, 6) is 0.516. The Hall–Kier alpha value is -3.79. The Bertz CT molecular complexity index is 1260. The summed E-state index contributed by atoms with van der Waals surface area (Å²) in [6.45, 7) is 2.16. The van der Waals surface area contributed by atoms with Gasteiger partial charge in [-0.05, 0) is 24.4 Å². The molecular formula is C20H21N9O6S3. The Labute approximate surface area is 228 Å². The second kappa shape index (κ2) is 12.2. The largest absolute Gasteiger partial charge is 0.477 e. The average Bonchev–Trinajstić information content (AvgIpc) is 3.55. The second-order valence-electron chi connectivity index (χ2n) is 7.49. The zero-order chi connectivity index (χ0) is 27.2. The summed E-state index contributed by atoms with van der Waals surface area (Å²) in [7, 11) is 0. The molecule has 3 amide bonds. The van der Waals surface area contributed by atoms with Crippen molar-refractivity contribution < 1.29 is 29.1 Å². The van der Waals surface area contributed by atoms with Gasteiger partial charge in [-0.25, -0.2) is 9.78 Å². The summed E-state index contributed by atoms with van der Waals surface area (Å²) in [5.41, 5.74) is 3.29. The van der Waals surface area contributed by atoms with Crippen LogP contribution in [0.2, 0.25) is 0 Å². The van der Waals surface area contributed by atoms with E-state index in [2.05, 4.69) is 37.3 Å². The quantitative estimate of drug-likeness (QED) is 0.0621. The number of carboxylic acids is 1. The number of carboxylic acid groups (broad SMARTS) is 1. The van der Waals surface area contributed by atoms with Crippen molar-refractivity contribution in [1.29, 1.82) is 0 Å². The molecule has 0 spiro atoms. The van der Waals surface area contributed by atoms with E-state index < -0.39 is 29.2 Å². The molecule has 1 fully saturated rings. The number of aliphatic carboxylic acids is 1. The van der Waals surface area contributed by atoms with E-state index in [1.807, 2.05) is 0 Å². The van der Waals surface area contributed by atoms with Crippen molar-refractivity contribution in [2.75, 3.05) is 30.0 Å². The van der Waals surface area contributed by atoms with Crippen LogP contribution in [0.1, 0.15) is 12.6 Å². The molecule has 1 aromatic rings. The summed E-state index contributed by atoms with van der Waals surface area (Å²) < 4.78 is 1.44. The van der Waals surface area contributed by atoms with E-state index in [0.717, 1.165) is 11.3 Å². The van der Waals surface area contributed by atoms with Crippen molar-refractivity contribution in [3.05, 3.63) is 22.3 Å². The molecule has 3 aliphatic heterocycles. The van der Waals surface area contributed by atoms with Gasteiger partial charge in [-0.3, -0.25) is 24.3 Å². The van der Waals surface area contributed by atoms with E-state index in [-0.39, 0.29) is 34.6 Å². The molecule has 1 unspecified atom stereocenters. The number of fused-ring (bicyclic) bond motifs is 1. The molecule has 18 heteroatoms. The molecule has 4 rings (SSSR count). The number of terminal acetylenes is 1. The Morgan fingerprint density at radius 2 is 2.32 bits per heavy atom. The van der Waals surface area contributed by atoms with Crippen LogP contribution < -0.4 is 16.2 Å². The number of hydrazone groups is 1. The van der Waals surface area contributed by atoms with Crippen LogP contribution in [-0.4, -0.2) is 96.8 Å². The third kappa shape index (κ3) is 5.70. The van der Waals surface area contributed by atoms with Gasteiger partial charge in [-0.2, -0.15) is 0 Å². The minimum atomic E-state index is -1.24. The van der Waals surface area contributed by atoms with Crippen LogP contribution in [0.5, 0.6) is 0 Å².